The number of imide groups is 1. The van der Waals surface area contributed by atoms with Gasteiger partial charge < -0.3 is 4.74 Å². The predicted molar refractivity (Wildman–Crippen MR) is 119 cm³/mol. The Morgan fingerprint density at radius 2 is 1.84 bits per heavy atom. The summed E-state index contributed by atoms with van der Waals surface area (Å²) >= 11 is 1.53. The van der Waals surface area contributed by atoms with Gasteiger partial charge in [0.15, 0.2) is 0 Å². The Bertz CT molecular complexity index is 965. The van der Waals surface area contributed by atoms with E-state index in [-0.39, 0.29) is 30.1 Å². The second-order valence-electron chi connectivity index (χ2n) is 7.76. The molecule has 2 heterocycles. The van der Waals surface area contributed by atoms with Crippen LogP contribution in [0.15, 0.2) is 64.4 Å². The summed E-state index contributed by atoms with van der Waals surface area (Å²) in [5.41, 5.74) is 0.618. The molecule has 7 heteroatoms. The minimum Gasteiger partial charge on any atom is -0.466 e. The molecule has 2 aromatic carbocycles. The molecule has 0 aliphatic carbocycles. The highest BCUT2D eigenvalue weighted by atomic mass is 32.2. The molecule has 0 unspecified atom stereocenters. The topological polar surface area (TPSA) is 66.9 Å². The van der Waals surface area contributed by atoms with Gasteiger partial charge in [-0.1, -0.05) is 42.1 Å². The Hall–Kier alpha value is -2.64. The lowest BCUT2D eigenvalue weighted by Crippen LogP contribution is -2.48. The van der Waals surface area contributed by atoms with E-state index >= 15 is 0 Å². The lowest BCUT2D eigenvalue weighted by atomic mass is 9.96. The molecule has 31 heavy (non-hydrogen) atoms. The summed E-state index contributed by atoms with van der Waals surface area (Å²) in [6.07, 6.45) is 1.70. The number of carbonyl (C=O) groups is 3. The van der Waals surface area contributed by atoms with Crippen LogP contribution in [0.4, 0.5) is 5.69 Å². The van der Waals surface area contributed by atoms with Crippen LogP contribution in [0.25, 0.3) is 0 Å². The molecule has 0 saturated carbocycles. The van der Waals surface area contributed by atoms with Crippen molar-refractivity contribution in [1.82, 2.24) is 4.90 Å². The molecule has 0 N–H and O–H groups in total. The molecule has 2 aromatic rings. The van der Waals surface area contributed by atoms with Crippen molar-refractivity contribution < 1.29 is 19.1 Å². The lowest BCUT2D eigenvalue weighted by molar-refractivity contribution is -0.150. The van der Waals surface area contributed by atoms with Crippen molar-refractivity contribution in [2.75, 3.05) is 24.6 Å². The second kappa shape index (κ2) is 9.66. The van der Waals surface area contributed by atoms with Gasteiger partial charge in [0.25, 0.3) is 5.91 Å². The summed E-state index contributed by atoms with van der Waals surface area (Å²) in [4.78, 5) is 43.7. The number of carbonyl (C=O) groups excluding carboxylic acids is 3. The number of rotatable bonds is 6. The van der Waals surface area contributed by atoms with E-state index in [1.54, 1.807) is 6.92 Å². The fourth-order valence-electron chi connectivity index (χ4n) is 4.24. The third kappa shape index (κ3) is 4.67. The van der Waals surface area contributed by atoms with Crippen LogP contribution in [-0.2, 0) is 19.1 Å². The fraction of sp³-hybridized carbons (Fsp3) is 0.375. The van der Waals surface area contributed by atoms with E-state index in [1.807, 2.05) is 59.5 Å². The van der Waals surface area contributed by atoms with Crippen molar-refractivity contribution in [3.8, 4) is 0 Å². The third-order valence-corrected chi connectivity index (χ3v) is 6.79. The Labute approximate surface area is 186 Å². The van der Waals surface area contributed by atoms with Gasteiger partial charge in [0.2, 0.25) is 5.91 Å². The average molecular weight is 439 g/mol. The Morgan fingerprint density at radius 3 is 2.61 bits per heavy atom. The first-order valence-electron chi connectivity index (χ1n) is 10.7. The number of ether oxygens (including phenoxy) is 1. The first-order valence-corrected chi connectivity index (χ1v) is 11.5. The number of esters is 1. The number of piperidine rings is 1. The summed E-state index contributed by atoms with van der Waals surface area (Å²) in [5, 5.41) is 0. The van der Waals surface area contributed by atoms with Gasteiger partial charge in [-0.15, -0.1) is 0 Å². The zero-order chi connectivity index (χ0) is 21.8. The molecule has 162 valence electrons. The molecule has 4 rings (SSSR count). The maximum absolute atomic E-state index is 13.4. The molecule has 0 spiro atoms. The second-order valence-corrected chi connectivity index (χ2v) is 8.87. The Kier molecular flexibility index (Phi) is 6.73. The number of anilines is 1. The summed E-state index contributed by atoms with van der Waals surface area (Å²) < 4.78 is 5.17. The van der Waals surface area contributed by atoms with Crippen LogP contribution in [0.1, 0.15) is 26.2 Å². The molecular formula is C24H26N2O4S. The molecule has 2 atom stereocenters. The van der Waals surface area contributed by atoms with E-state index in [0.717, 1.165) is 22.6 Å². The summed E-state index contributed by atoms with van der Waals surface area (Å²) in [6, 6.07) is 16.9. The van der Waals surface area contributed by atoms with E-state index in [0.29, 0.717) is 25.4 Å². The quantitative estimate of drug-likeness (QED) is 0.506. The minimum absolute atomic E-state index is 0.138. The number of benzene rings is 2. The molecule has 0 aromatic heterocycles. The van der Waals surface area contributed by atoms with Gasteiger partial charge >= 0.3 is 5.97 Å². The maximum Gasteiger partial charge on any atom is 0.310 e. The summed E-state index contributed by atoms with van der Waals surface area (Å²) in [7, 11) is 0. The van der Waals surface area contributed by atoms with Gasteiger partial charge in [0.05, 0.1) is 30.7 Å². The standard InChI is InChI=1S/C24H26N2O4S/c1-2-30-24(29)17-9-8-14-25(16-17)20-15-22(27)26(23(20)28)19-12-6-7-13-21(19)31-18-10-4-3-5-11-18/h3-7,10-13,17,20H,2,8-9,14-16H2,1H3/t17-,20+/m0/s1. The Morgan fingerprint density at radius 1 is 1.10 bits per heavy atom. The predicted octanol–water partition coefficient (Wildman–Crippen LogP) is 3.74. The van der Waals surface area contributed by atoms with Crippen LogP contribution < -0.4 is 4.90 Å². The van der Waals surface area contributed by atoms with Crippen LogP contribution in [0.5, 0.6) is 0 Å². The van der Waals surface area contributed by atoms with Gasteiger partial charge in [-0.3, -0.25) is 19.3 Å². The van der Waals surface area contributed by atoms with Crippen LogP contribution in [0, 0.1) is 5.92 Å². The van der Waals surface area contributed by atoms with Crippen LogP contribution >= 0.6 is 11.8 Å². The zero-order valence-corrected chi connectivity index (χ0v) is 18.3. The van der Waals surface area contributed by atoms with Gasteiger partial charge in [0.1, 0.15) is 0 Å². The third-order valence-electron chi connectivity index (χ3n) is 5.71. The van der Waals surface area contributed by atoms with Crippen molar-refractivity contribution in [3.05, 3.63) is 54.6 Å². The van der Waals surface area contributed by atoms with Crippen molar-refractivity contribution in [1.29, 1.82) is 0 Å². The van der Waals surface area contributed by atoms with Gasteiger partial charge in [0, 0.05) is 16.3 Å². The molecular weight excluding hydrogens is 412 g/mol. The van der Waals surface area contributed by atoms with Crippen LogP contribution in [-0.4, -0.2) is 48.4 Å². The van der Waals surface area contributed by atoms with Gasteiger partial charge in [-0.25, -0.2) is 4.90 Å². The highest BCUT2D eigenvalue weighted by Gasteiger charge is 2.45. The van der Waals surface area contributed by atoms with Crippen molar-refractivity contribution >= 4 is 35.2 Å². The van der Waals surface area contributed by atoms with E-state index in [9.17, 15) is 14.4 Å². The molecule has 2 amide bonds. The van der Waals surface area contributed by atoms with E-state index in [2.05, 4.69) is 0 Å². The van der Waals surface area contributed by atoms with E-state index < -0.39 is 6.04 Å². The fourth-order valence-corrected chi connectivity index (χ4v) is 5.20. The van der Waals surface area contributed by atoms with Crippen LogP contribution in [0.2, 0.25) is 0 Å². The molecule has 2 fully saturated rings. The number of nitrogens with zero attached hydrogens (tertiary/aromatic N) is 2. The number of hydrogen-bond donors (Lipinski definition) is 0. The van der Waals surface area contributed by atoms with E-state index in [1.165, 1.54) is 16.7 Å². The first kappa shape index (κ1) is 21.6. The molecule has 0 bridgehead atoms. The number of amides is 2. The number of hydrogen-bond acceptors (Lipinski definition) is 6. The van der Waals surface area contributed by atoms with Gasteiger partial charge in [-0.05, 0) is 50.6 Å². The number of likely N-dealkylation sites (tertiary alicyclic amines) is 1. The summed E-state index contributed by atoms with van der Waals surface area (Å²) in [6.45, 7) is 3.30. The zero-order valence-electron chi connectivity index (χ0n) is 17.5. The molecule has 0 radical (unpaired) electrons. The normalized spacial score (nSPS) is 22.0. The maximum atomic E-state index is 13.4. The smallest absolute Gasteiger partial charge is 0.310 e. The molecule has 2 aliphatic rings. The highest BCUT2D eigenvalue weighted by molar-refractivity contribution is 7.99. The lowest BCUT2D eigenvalue weighted by Gasteiger charge is -2.34. The van der Waals surface area contributed by atoms with E-state index in [4.69, 9.17) is 4.74 Å². The Balaban J connectivity index is 1.53. The average Bonchev–Trinajstić information content (AvgIpc) is 3.09. The van der Waals surface area contributed by atoms with Crippen LogP contribution in [0.3, 0.4) is 0 Å². The summed E-state index contributed by atoms with van der Waals surface area (Å²) in [5.74, 6) is -0.873. The van der Waals surface area contributed by atoms with Gasteiger partial charge in [-0.2, -0.15) is 0 Å². The monoisotopic (exact) mass is 438 g/mol. The van der Waals surface area contributed by atoms with Crippen molar-refractivity contribution in [2.24, 2.45) is 5.92 Å². The largest absolute Gasteiger partial charge is 0.466 e. The van der Waals surface area contributed by atoms with Crippen molar-refractivity contribution in [2.45, 2.75) is 42.0 Å². The minimum atomic E-state index is -0.528. The first-order chi connectivity index (χ1) is 15.1. The highest BCUT2D eigenvalue weighted by Crippen LogP contribution is 2.38. The molecule has 6 nitrogen and oxygen atoms in total. The van der Waals surface area contributed by atoms with Crippen molar-refractivity contribution in [3.63, 3.8) is 0 Å². The SMILES string of the molecule is CCOC(=O)[C@H]1CCCN([C@@H]2CC(=O)N(c3ccccc3Sc3ccccc3)C2=O)C1. The molecule has 2 aliphatic heterocycles. The molecule has 2 saturated heterocycles. The number of para-hydroxylation sites is 1.